The molecule has 0 nitrogen and oxygen atoms in total. The predicted molar refractivity (Wildman–Crippen MR) is 63.1 cm³/mol. The summed E-state index contributed by atoms with van der Waals surface area (Å²) in [7, 11) is 0. The zero-order valence-electron chi connectivity index (χ0n) is 9.80. The van der Waals surface area contributed by atoms with Crippen LogP contribution in [0.2, 0.25) is 0 Å². The van der Waals surface area contributed by atoms with Crippen molar-refractivity contribution in [1.82, 2.24) is 0 Å². The maximum atomic E-state index is 2.20. The third-order valence-corrected chi connectivity index (χ3v) is 1.38. The van der Waals surface area contributed by atoms with Crippen molar-refractivity contribution in [3.63, 3.8) is 0 Å². The standard InChI is InChI=1S/C9H12.2C2H6/c1-2-6-9-7-4-3-5-8-9;2*1-2/h3-5,7-8H,2,6H2,1H3;2*1-2H3. The van der Waals surface area contributed by atoms with E-state index >= 15 is 0 Å². The third-order valence-electron chi connectivity index (χ3n) is 1.38. The van der Waals surface area contributed by atoms with E-state index in [-0.39, 0.29) is 0 Å². The van der Waals surface area contributed by atoms with E-state index < -0.39 is 0 Å². The topological polar surface area (TPSA) is 0 Å². The average molecular weight is 180 g/mol. The number of aryl methyl sites for hydroxylation is 1. The third kappa shape index (κ3) is 9.13. The first kappa shape index (κ1) is 14.7. The lowest BCUT2D eigenvalue weighted by Crippen LogP contribution is -1.78. The first-order valence-electron chi connectivity index (χ1n) is 5.47. The molecule has 0 aliphatic carbocycles. The lowest BCUT2D eigenvalue weighted by Gasteiger charge is -1.93. The van der Waals surface area contributed by atoms with Gasteiger partial charge in [-0.15, -0.1) is 0 Å². The molecule has 0 heterocycles. The molecule has 0 radical (unpaired) electrons. The molecule has 76 valence electrons. The van der Waals surface area contributed by atoms with Gasteiger partial charge in [0.25, 0.3) is 0 Å². The van der Waals surface area contributed by atoms with Gasteiger partial charge in [0.2, 0.25) is 0 Å². The summed E-state index contributed by atoms with van der Waals surface area (Å²) in [6, 6.07) is 10.6. The van der Waals surface area contributed by atoms with Crippen LogP contribution in [0.4, 0.5) is 0 Å². The molecule has 0 saturated carbocycles. The molecular formula is C13H24. The van der Waals surface area contributed by atoms with E-state index in [9.17, 15) is 0 Å². The molecule has 0 spiro atoms. The molecule has 0 atom stereocenters. The number of hydrogen-bond acceptors (Lipinski definition) is 0. The Morgan fingerprint density at radius 2 is 1.31 bits per heavy atom. The fraction of sp³-hybridized carbons (Fsp3) is 0.538. The summed E-state index contributed by atoms with van der Waals surface area (Å²) in [6.45, 7) is 10.2. The molecule has 13 heavy (non-hydrogen) atoms. The molecule has 0 amide bonds. The van der Waals surface area contributed by atoms with E-state index in [1.54, 1.807) is 0 Å². The first-order chi connectivity index (χ1) is 6.43. The van der Waals surface area contributed by atoms with Gasteiger partial charge in [-0.3, -0.25) is 0 Å². The van der Waals surface area contributed by atoms with Crippen LogP contribution in [0.3, 0.4) is 0 Å². The minimum absolute atomic E-state index is 1.21. The maximum absolute atomic E-state index is 2.20. The number of benzene rings is 1. The summed E-state index contributed by atoms with van der Waals surface area (Å²) >= 11 is 0. The van der Waals surface area contributed by atoms with Crippen LogP contribution in [0, 0.1) is 0 Å². The Bertz CT molecular complexity index is 153. The van der Waals surface area contributed by atoms with Crippen LogP contribution in [-0.4, -0.2) is 0 Å². The zero-order valence-corrected chi connectivity index (χ0v) is 9.80. The average Bonchev–Trinajstić information content (AvgIpc) is 2.26. The second-order valence-corrected chi connectivity index (χ2v) is 2.24. The Kier molecular flexibility index (Phi) is 15.6. The molecule has 0 heteroatoms. The lowest BCUT2D eigenvalue weighted by atomic mass is 10.1. The Hall–Kier alpha value is -0.780. The molecule has 1 rings (SSSR count). The summed E-state index contributed by atoms with van der Waals surface area (Å²) in [4.78, 5) is 0. The minimum Gasteiger partial charge on any atom is -0.0683 e. The highest BCUT2D eigenvalue weighted by Crippen LogP contribution is 2.00. The monoisotopic (exact) mass is 180 g/mol. The molecule has 0 saturated heterocycles. The first-order valence-corrected chi connectivity index (χ1v) is 5.47. The highest BCUT2D eigenvalue weighted by molar-refractivity contribution is 5.14. The van der Waals surface area contributed by atoms with E-state index in [0.29, 0.717) is 0 Å². The summed E-state index contributed by atoms with van der Waals surface area (Å²) in [5, 5.41) is 0. The number of rotatable bonds is 2. The van der Waals surface area contributed by atoms with Gasteiger partial charge in [0, 0.05) is 0 Å². The smallest absolute Gasteiger partial charge is 0.0281 e. The van der Waals surface area contributed by atoms with Crippen LogP contribution in [0.5, 0.6) is 0 Å². The van der Waals surface area contributed by atoms with Crippen LogP contribution in [0.25, 0.3) is 0 Å². The van der Waals surface area contributed by atoms with Crippen molar-refractivity contribution in [3.05, 3.63) is 35.9 Å². The minimum atomic E-state index is 1.21. The Morgan fingerprint density at radius 3 is 1.69 bits per heavy atom. The van der Waals surface area contributed by atoms with Crippen molar-refractivity contribution in [2.45, 2.75) is 47.5 Å². The fourth-order valence-electron chi connectivity index (χ4n) is 0.933. The molecule has 0 N–H and O–H groups in total. The van der Waals surface area contributed by atoms with Gasteiger partial charge in [0.15, 0.2) is 0 Å². The molecule has 0 fully saturated rings. The highest BCUT2D eigenvalue weighted by Gasteiger charge is 1.84. The Morgan fingerprint density at radius 1 is 0.846 bits per heavy atom. The molecular weight excluding hydrogens is 156 g/mol. The molecule has 0 aliphatic rings. The van der Waals surface area contributed by atoms with Crippen LogP contribution < -0.4 is 0 Å². The van der Waals surface area contributed by atoms with Gasteiger partial charge in [-0.2, -0.15) is 0 Å². The van der Waals surface area contributed by atoms with Crippen molar-refractivity contribution >= 4 is 0 Å². The number of hydrogen-bond donors (Lipinski definition) is 0. The van der Waals surface area contributed by atoms with Crippen molar-refractivity contribution in [2.75, 3.05) is 0 Å². The van der Waals surface area contributed by atoms with Crippen molar-refractivity contribution < 1.29 is 0 Å². The fourth-order valence-corrected chi connectivity index (χ4v) is 0.933. The van der Waals surface area contributed by atoms with E-state index in [4.69, 9.17) is 0 Å². The van der Waals surface area contributed by atoms with Crippen LogP contribution >= 0.6 is 0 Å². The van der Waals surface area contributed by atoms with Crippen molar-refractivity contribution in [2.24, 2.45) is 0 Å². The van der Waals surface area contributed by atoms with Gasteiger partial charge in [0.05, 0.1) is 0 Å². The quantitative estimate of drug-likeness (QED) is 0.619. The lowest BCUT2D eigenvalue weighted by molar-refractivity contribution is 0.922. The maximum Gasteiger partial charge on any atom is -0.0281 e. The van der Waals surface area contributed by atoms with Crippen LogP contribution in [-0.2, 0) is 6.42 Å². The largest absolute Gasteiger partial charge is 0.0683 e. The van der Waals surface area contributed by atoms with Crippen molar-refractivity contribution in [3.8, 4) is 0 Å². The second-order valence-electron chi connectivity index (χ2n) is 2.24. The summed E-state index contributed by atoms with van der Waals surface area (Å²) in [5.74, 6) is 0. The molecule has 0 aromatic heterocycles. The van der Waals surface area contributed by atoms with Crippen molar-refractivity contribution in [1.29, 1.82) is 0 Å². The predicted octanol–water partition coefficient (Wildman–Crippen LogP) is 4.69. The molecule has 1 aromatic rings. The molecule has 0 aliphatic heterocycles. The van der Waals surface area contributed by atoms with E-state index in [1.165, 1.54) is 18.4 Å². The van der Waals surface area contributed by atoms with Gasteiger partial charge in [-0.1, -0.05) is 71.4 Å². The van der Waals surface area contributed by atoms with Gasteiger partial charge >= 0.3 is 0 Å². The van der Waals surface area contributed by atoms with Crippen LogP contribution in [0.1, 0.15) is 46.6 Å². The molecule has 0 bridgehead atoms. The molecule has 1 aromatic carbocycles. The van der Waals surface area contributed by atoms with Gasteiger partial charge in [-0.25, -0.2) is 0 Å². The Labute approximate surface area is 84.0 Å². The van der Waals surface area contributed by atoms with E-state index in [0.717, 1.165) is 0 Å². The summed E-state index contributed by atoms with van der Waals surface area (Å²) in [5.41, 5.74) is 1.44. The highest BCUT2D eigenvalue weighted by atomic mass is 13.9. The SMILES string of the molecule is CC.CC.CCCc1ccccc1. The normalized spacial score (nSPS) is 7.46. The van der Waals surface area contributed by atoms with Gasteiger partial charge in [-0.05, 0) is 12.0 Å². The summed E-state index contributed by atoms with van der Waals surface area (Å²) < 4.78 is 0. The zero-order chi connectivity index (χ0) is 10.5. The van der Waals surface area contributed by atoms with Gasteiger partial charge in [0.1, 0.15) is 0 Å². The Balaban J connectivity index is 0. The van der Waals surface area contributed by atoms with E-state index in [1.807, 2.05) is 27.7 Å². The van der Waals surface area contributed by atoms with E-state index in [2.05, 4.69) is 37.3 Å². The van der Waals surface area contributed by atoms with Crippen LogP contribution in [0.15, 0.2) is 30.3 Å². The van der Waals surface area contributed by atoms with Gasteiger partial charge < -0.3 is 0 Å². The second kappa shape index (κ2) is 13.8. The summed E-state index contributed by atoms with van der Waals surface area (Å²) in [6.07, 6.45) is 2.45. The molecule has 0 unspecified atom stereocenters.